The molecule has 0 unspecified atom stereocenters. The van der Waals surface area contributed by atoms with E-state index in [2.05, 4.69) is 0 Å². The van der Waals surface area contributed by atoms with Crippen LogP contribution in [0.1, 0.15) is 6.42 Å². The zero-order valence-electron chi connectivity index (χ0n) is 14.5. The van der Waals surface area contributed by atoms with Crippen LogP contribution in [0.4, 0.5) is 0 Å². The van der Waals surface area contributed by atoms with Gasteiger partial charge >= 0.3 is 13.3 Å². The fourth-order valence-corrected chi connectivity index (χ4v) is 4.25. The number of hydrogen-bond donors (Lipinski definition) is 1. The highest BCUT2D eigenvalue weighted by atomic mass is 31.2. The van der Waals surface area contributed by atoms with Crippen molar-refractivity contribution in [3.05, 3.63) is 60.7 Å². The molecule has 0 saturated heterocycles. The number of ether oxygens (including phenoxy) is 2. The Labute approximate surface area is 153 Å². The van der Waals surface area contributed by atoms with E-state index in [4.69, 9.17) is 19.1 Å². The van der Waals surface area contributed by atoms with Crippen LogP contribution in [0.25, 0.3) is 0 Å². The van der Waals surface area contributed by atoms with Crippen molar-refractivity contribution in [2.75, 3.05) is 33.0 Å². The van der Waals surface area contributed by atoms with Gasteiger partial charge in [0.1, 0.15) is 0 Å². The monoisotopic (exact) mass is 378 g/mol. The molecule has 6 nitrogen and oxygen atoms in total. The van der Waals surface area contributed by atoms with E-state index in [-0.39, 0.29) is 26.2 Å². The van der Waals surface area contributed by atoms with Gasteiger partial charge in [-0.05, 0) is 24.3 Å². The minimum atomic E-state index is -3.51. The average Bonchev–Trinajstić information content (AvgIpc) is 2.68. The fourth-order valence-electron chi connectivity index (χ4n) is 2.23. The quantitative estimate of drug-likeness (QED) is 0.475. The summed E-state index contributed by atoms with van der Waals surface area (Å²) >= 11 is 0. The van der Waals surface area contributed by atoms with Crippen LogP contribution in [-0.2, 0) is 23.4 Å². The van der Waals surface area contributed by atoms with Crippen LogP contribution in [0.5, 0.6) is 0 Å². The van der Waals surface area contributed by atoms with E-state index in [9.17, 15) is 9.36 Å². The van der Waals surface area contributed by atoms with E-state index in [0.717, 1.165) is 0 Å². The molecule has 0 radical (unpaired) electrons. The third kappa shape index (κ3) is 6.07. The van der Waals surface area contributed by atoms with E-state index >= 15 is 0 Å². The van der Waals surface area contributed by atoms with Crippen molar-refractivity contribution in [3.63, 3.8) is 0 Å². The van der Waals surface area contributed by atoms with Gasteiger partial charge in [-0.1, -0.05) is 36.4 Å². The van der Waals surface area contributed by atoms with Crippen LogP contribution >= 0.6 is 7.37 Å². The highest BCUT2D eigenvalue weighted by molar-refractivity contribution is 7.74. The third-order valence-corrected chi connectivity index (χ3v) is 5.90. The van der Waals surface area contributed by atoms with Crippen molar-refractivity contribution >= 4 is 23.9 Å². The molecule has 0 aliphatic rings. The van der Waals surface area contributed by atoms with E-state index in [0.29, 0.717) is 23.8 Å². The van der Waals surface area contributed by atoms with Crippen molar-refractivity contribution in [3.8, 4) is 0 Å². The normalized spacial score (nSPS) is 11.3. The van der Waals surface area contributed by atoms with Gasteiger partial charge < -0.3 is 19.1 Å². The first kappa shape index (κ1) is 20.3. The van der Waals surface area contributed by atoms with Crippen LogP contribution in [0.2, 0.25) is 0 Å². The van der Waals surface area contributed by atoms with E-state index in [1.165, 1.54) is 0 Å². The molecular weight excluding hydrogens is 355 g/mol. The number of hydrogen-bond acceptors (Lipinski definition) is 6. The molecule has 7 heteroatoms. The van der Waals surface area contributed by atoms with Crippen molar-refractivity contribution in [1.82, 2.24) is 0 Å². The van der Waals surface area contributed by atoms with Gasteiger partial charge in [0, 0.05) is 0 Å². The maximum atomic E-state index is 13.5. The van der Waals surface area contributed by atoms with Gasteiger partial charge in [-0.25, -0.2) is 0 Å². The Morgan fingerprint density at radius 3 is 1.81 bits per heavy atom. The van der Waals surface area contributed by atoms with Gasteiger partial charge in [-0.15, -0.1) is 0 Å². The predicted octanol–water partition coefficient (Wildman–Crippen LogP) is 1.87. The minimum absolute atomic E-state index is 0.0103. The van der Waals surface area contributed by atoms with Gasteiger partial charge in [0.25, 0.3) is 0 Å². The molecular formula is C19H23O6P. The summed E-state index contributed by atoms with van der Waals surface area (Å²) in [5, 5.41) is 9.52. The van der Waals surface area contributed by atoms with Crippen molar-refractivity contribution < 1.29 is 28.5 Å². The lowest BCUT2D eigenvalue weighted by molar-refractivity contribution is -0.135. The second-order valence-corrected chi connectivity index (χ2v) is 7.70. The second-order valence-electron chi connectivity index (χ2n) is 5.38. The summed E-state index contributed by atoms with van der Waals surface area (Å²) in [7, 11) is -3.51. The Bertz CT molecular complexity index is 661. The summed E-state index contributed by atoms with van der Waals surface area (Å²) in [6, 6.07) is 17.4. The molecule has 2 aromatic rings. The topological polar surface area (TPSA) is 82.1 Å². The van der Waals surface area contributed by atoms with Crippen molar-refractivity contribution in [1.29, 1.82) is 0 Å². The van der Waals surface area contributed by atoms with Gasteiger partial charge in [-0.3, -0.25) is 9.36 Å². The molecule has 0 saturated carbocycles. The SMILES string of the molecule is O=C(CCOCCOCCO)OP(=O)(c1ccccc1)c1ccccc1. The van der Waals surface area contributed by atoms with Gasteiger partial charge in [0.2, 0.25) is 0 Å². The Balaban J connectivity index is 1.96. The second kappa shape index (κ2) is 10.9. The lowest BCUT2D eigenvalue weighted by Crippen LogP contribution is -2.21. The van der Waals surface area contributed by atoms with Gasteiger partial charge in [-0.2, -0.15) is 0 Å². The fraction of sp³-hybridized carbons (Fsp3) is 0.316. The number of benzene rings is 2. The number of aliphatic hydroxyl groups is 1. The molecule has 26 heavy (non-hydrogen) atoms. The molecule has 2 rings (SSSR count). The zero-order chi connectivity index (χ0) is 18.7. The molecule has 140 valence electrons. The summed E-state index contributed by atoms with van der Waals surface area (Å²) in [6.07, 6.45) is -0.0103. The van der Waals surface area contributed by atoms with Crippen LogP contribution in [0.15, 0.2) is 60.7 Å². The largest absolute Gasteiger partial charge is 0.405 e. The number of carbonyl (C=O) groups is 1. The third-order valence-electron chi connectivity index (χ3n) is 3.48. The van der Waals surface area contributed by atoms with Crippen LogP contribution in [-0.4, -0.2) is 44.1 Å². The number of aliphatic hydroxyl groups excluding tert-OH is 1. The molecule has 2 aromatic carbocycles. The molecule has 1 N–H and O–H groups in total. The first-order valence-electron chi connectivity index (χ1n) is 8.37. The average molecular weight is 378 g/mol. The summed E-state index contributed by atoms with van der Waals surface area (Å²) in [5.41, 5.74) is 0. The predicted molar refractivity (Wildman–Crippen MR) is 99.2 cm³/mol. The lowest BCUT2D eigenvalue weighted by Gasteiger charge is -2.19. The summed E-state index contributed by atoms with van der Waals surface area (Å²) in [5.74, 6) is -0.586. The van der Waals surface area contributed by atoms with Gasteiger partial charge in [0.05, 0.1) is 50.1 Å². The summed E-state index contributed by atoms with van der Waals surface area (Å²) < 4.78 is 29.3. The van der Waals surface area contributed by atoms with E-state index in [1.807, 2.05) is 12.1 Å². The van der Waals surface area contributed by atoms with Crippen LogP contribution in [0, 0.1) is 0 Å². The molecule has 0 amide bonds. The van der Waals surface area contributed by atoms with E-state index < -0.39 is 13.3 Å². The number of carbonyl (C=O) groups excluding carboxylic acids is 1. The molecule has 0 aliphatic carbocycles. The van der Waals surface area contributed by atoms with Crippen LogP contribution in [0.3, 0.4) is 0 Å². The molecule has 0 aromatic heterocycles. The van der Waals surface area contributed by atoms with E-state index in [1.54, 1.807) is 48.5 Å². The molecule has 0 bridgehead atoms. The maximum absolute atomic E-state index is 13.5. The standard InChI is InChI=1S/C19H23O6P/c20-12-14-24-16-15-23-13-11-19(21)25-26(22,17-7-3-1-4-8-17)18-9-5-2-6-10-18/h1-10,20H,11-16H2. The highest BCUT2D eigenvalue weighted by Gasteiger charge is 2.31. The van der Waals surface area contributed by atoms with Gasteiger partial charge in [0.15, 0.2) is 0 Å². The smallest absolute Gasteiger partial charge is 0.313 e. The van der Waals surface area contributed by atoms with Crippen molar-refractivity contribution in [2.24, 2.45) is 0 Å². The summed E-state index contributed by atoms with van der Waals surface area (Å²) in [4.78, 5) is 12.2. The Morgan fingerprint density at radius 1 is 0.808 bits per heavy atom. The van der Waals surface area contributed by atoms with Crippen LogP contribution < -0.4 is 10.6 Å². The zero-order valence-corrected chi connectivity index (χ0v) is 15.3. The first-order valence-corrected chi connectivity index (χ1v) is 9.99. The minimum Gasteiger partial charge on any atom is -0.405 e. The maximum Gasteiger partial charge on any atom is 0.313 e. The molecule has 0 atom stereocenters. The molecule has 0 spiro atoms. The Kier molecular flexibility index (Phi) is 8.51. The van der Waals surface area contributed by atoms with Crippen molar-refractivity contribution in [2.45, 2.75) is 6.42 Å². The highest BCUT2D eigenvalue weighted by Crippen LogP contribution is 2.44. The Morgan fingerprint density at radius 2 is 1.31 bits per heavy atom. The molecule has 0 heterocycles. The molecule has 0 fully saturated rings. The summed E-state index contributed by atoms with van der Waals surface area (Å²) in [6.45, 7) is 0.999. The number of rotatable bonds is 11. The lowest BCUT2D eigenvalue weighted by atomic mass is 10.4. The molecule has 0 aliphatic heterocycles. The first-order chi connectivity index (χ1) is 12.7. The Hall–Kier alpha value is -1.98.